The Kier molecular flexibility index (Phi) is 5.27. The Morgan fingerprint density at radius 3 is 2.76 bits per heavy atom. The largest absolute Gasteiger partial charge is 0.508 e. The van der Waals surface area contributed by atoms with Gasteiger partial charge in [0, 0.05) is 18.7 Å². The fourth-order valence-electron chi connectivity index (χ4n) is 2.44. The third kappa shape index (κ3) is 4.82. The number of amides is 2. The molecule has 1 aliphatic rings. The van der Waals surface area contributed by atoms with Crippen LogP contribution in [-0.2, 0) is 6.54 Å². The lowest BCUT2D eigenvalue weighted by Crippen LogP contribution is -2.46. The van der Waals surface area contributed by atoms with Gasteiger partial charge >= 0.3 is 6.03 Å². The third-order valence-electron chi connectivity index (χ3n) is 3.69. The highest BCUT2D eigenvalue weighted by Crippen LogP contribution is 2.21. The summed E-state index contributed by atoms with van der Waals surface area (Å²) < 4.78 is 5.08. The maximum absolute atomic E-state index is 11.9. The van der Waals surface area contributed by atoms with Crippen molar-refractivity contribution in [1.82, 2.24) is 15.5 Å². The van der Waals surface area contributed by atoms with Gasteiger partial charge in [-0.15, -0.1) is 0 Å². The first-order valence-corrected chi connectivity index (χ1v) is 7.16. The van der Waals surface area contributed by atoms with Crippen molar-refractivity contribution in [3.05, 3.63) is 23.8 Å². The van der Waals surface area contributed by atoms with Gasteiger partial charge in [0.2, 0.25) is 0 Å². The number of benzene rings is 1. The molecule has 0 radical (unpaired) electrons. The third-order valence-corrected chi connectivity index (χ3v) is 3.69. The number of urea groups is 1. The number of methoxy groups -OCH3 is 1. The maximum atomic E-state index is 11.9. The van der Waals surface area contributed by atoms with Gasteiger partial charge in [-0.3, -0.25) is 0 Å². The minimum absolute atomic E-state index is 0.127. The predicted molar refractivity (Wildman–Crippen MR) is 80.5 cm³/mol. The summed E-state index contributed by atoms with van der Waals surface area (Å²) in [6, 6.07) is 4.99. The van der Waals surface area contributed by atoms with Crippen LogP contribution in [0, 0.1) is 0 Å². The Bertz CT molecular complexity index is 485. The second-order valence-corrected chi connectivity index (χ2v) is 5.44. The lowest BCUT2D eigenvalue weighted by molar-refractivity contribution is 0.213. The van der Waals surface area contributed by atoms with Crippen molar-refractivity contribution in [3.8, 4) is 11.5 Å². The number of nitrogens with zero attached hydrogens (tertiary/aromatic N) is 1. The van der Waals surface area contributed by atoms with Crippen LogP contribution in [-0.4, -0.2) is 49.3 Å². The van der Waals surface area contributed by atoms with Crippen molar-refractivity contribution in [1.29, 1.82) is 0 Å². The van der Waals surface area contributed by atoms with E-state index in [-0.39, 0.29) is 17.8 Å². The van der Waals surface area contributed by atoms with Gasteiger partial charge in [-0.1, -0.05) is 0 Å². The maximum Gasteiger partial charge on any atom is 0.315 e. The second-order valence-electron chi connectivity index (χ2n) is 5.44. The van der Waals surface area contributed by atoms with Crippen LogP contribution < -0.4 is 15.4 Å². The fraction of sp³-hybridized carbons (Fsp3) is 0.533. The molecular formula is C15H23N3O3. The van der Waals surface area contributed by atoms with Crippen LogP contribution in [0.4, 0.5) is 4.79 Å². The number of ether oxygens (including phenoxy) is 1. The topological polar surface area (TPSA) is 73.8 Å². The first-order valence-electron chi connectivity index (χ1n) is 7.16. The molecule has 3 N–H and O–H groups in total. The number of phenolic OH excluding ortho intramolecular Hbond substituents is 1. The molecule has 1 fully saturated rings. The number of carbonyl (C=O) groups excluding carboxylic acids is 1. The summed E-state index contributed by atoms with van der Waals surface area (Å²) in [5.41, 5.74) is 0.797. The molecule has 1 aromatic rings. The minimum atomic E-state index is -0.174. The number of aromatic hydroxyl groups is 1. The van der Waals surface area contributed by atoms with Gasteiger partial charge in [0.25, 0.3) is 0 Å². The number of rotatable bonds is 4. The van der Waals surface area contributed by atoms with E-state index >= 15 is 0 Å². The van der Waals surface area contributed by atoms with E-state index in [1.807, 2.05) is 0 Å². The first-order chi connectivity index (χ1) is 10.1. The van der Waals surface area contributed by atoms with Crippen molar-refractivity contribution < 1.29 is 14.6 Å². The monoisotopic (exact) mass is 293 g/mol. The van der Waals surface area contributed by atoms with Crippen molar-refractivity contribution >= 4 is 6.03 Å². The molecule has 0 bridgehead atoms. The van der Waals surface area contributed by atoms with Gasteiger partial charge in [-0.2, -0.15) is 0 Å². The van der Waals surface area contributed by atoms with E-state index in [0.717, 1.165) is 31.5 Å². The molecule has 0 saturated carbocycles. The Hall–Kier alpha value is -1.95. The average Bonchev–Trinajstić information content (AvgIpc) is 2.47. The number of likely N-dealkylation sites (tertiary alicyclic amines) is 1. The molecule has 2 amide bonds. The van der Waals surface area contributed by atoms with E-state index in [2.05, 4.69) is 22.6 Å². The summed E-state index contributed by atoms with van der Waals surface area (Å²) in [6.07, 6.45) is 1.95. The Labute approximate surface area is 125 Å². The van der Waals surface area contributed by atoms with Crippen LogP contribution in [0.15, 0.2) is 18.2 Å². The average molecular weight is 293 g/mol. The zero-order valence-electron chi connectivity index (χ0n) is 12.6. The molecule has 2 rings (SSSR count). The van der Waals surface area contributed by atoms with Gasteiger partial charge < -0.3 is 25.4 Å². The predicted octanol–water partition coefficient (Wildman–Crippen LogP) is 1.29. The van der Waals surface area contributed by atoms with Crippen LogP contribution in [0.25, 0.3) is 0 Å². The van der Waals surface area contributed by atoms with Crippen LogP contribution in [0.3, 0.4) is 0 Å². The van der Waals surface area contributed by atoms with E-state index < -0.39 is 0 Å². The second kappa shape index (κ2) is 7.17. The summed E-state index contributed by atoms with van der Waals surface area (Å²) in [5.74, 6) is 0.699. The van der Waals surface area contributed by atoms with Crippen molar-refractivity contribution in [2.24, 2.45) is 0 Å². The van der Waals surface area contributed by atoms with Gasteiger partial charge in [-0.05, 0) is 50.7 Å². The molecule has 6 nitrogen and oxygen atoms in total. The van der Waals surface area contributed by atoms with Crippen molar-refractivity contribution in [2.45, 2.75) is 25.4 Å². The summed E-state index contributed by atoms with van der Waals surface area (Å²) in [5, 5.41) is 15.4. The van der Waals surface area contributed by atoms with E-state index in [4.69, 9.17) is 4.74 Å². The number of carbonyl (C=O) groups is 1. The highest BCUT2D eigenvalue weighted by molar-refractivity contribution is 5.74. The molecule has 1 heterocycles. The highest BCUT2D eigenvalue weighted by Gasteiger charge is 2.18. The smallest absolute Gasteiger partial charge is 0.315 e. The number of hydrogen-bond acceptors (Lipinski definition) is 4. The standard InChI is InChI=1S/C15H23N3O3/c1-18-5-3-12(4-6-18)17-15(20)16-10-11-7-13(19)9-14(8-11)21-2/h7-9,12,19H,3-6,10H2,1-2H3,(H2,16,17,20). The van der Waals surface area contributed by atoms with Crippen molar-refractivity contribution in [3.63, 3.8) is 0 Å². The highest BCUT2D eigenvalue weighted by atomic mass is 16.5. The van der Waals surface area contributed by atoms with Gasteiger partial charge in [0.05, 0.1) is 7.11 Å². The molecule has 21 heavy (non-hydrogen) atoms. The first kappa shape index (κ1) is 15.4. The lowest BCUT2D eigenvalue weighted by Gasteiger charge is -2.29. The molecule has 0 aromatic heterocycles. The molecule has 1 saturated heterocycles. The number of nitrogens with one attached hydrogen (secondary N) is 2. The van der Waals surface area contributed by atoms with Crippen LogP contribution >= 0.6 is 0 Å². The molecule has 1 aliphatic heterocycles. The summed E-state index contributed by atoms with van der Waals surface area (Å²) in [4.78, 5) is 14.1. The van der Waals surface area contributed by atoms with Gasteiger partial charge in [0.15, 0.2) is 0 Å². The Balaban J connectivity index is 1.79. The molecule has 0 unspecified atom stereocenters. The SMILES string of the molecule is COc1cc(O)cc(CNC(=O)NC2CCN(C)CC2)c1. The van der Waals surface area contributed by atoms with Crippen molar-refractivity contribution in [2.75, 3.05) is 27.2 Å². The zero-order valence-corrected chi connectivity index (χ0v) is 12.6. The molecule has 116 valence electrons. The number of phenols is 1. The lowest BCUT2D eigenvalue weighted by atomic mass is 10.1. The summed E-state index contributed by atoms with van der Waals surface area (Å²) in [7, 11) is 3.63. The fourth-order valence-corrected chi connectivity index (χ4v) is 2.44. The number of hydrogen-bond donors (Lipinski definition) is 3. The summed E-state index contributed by atoms with van der Waals surface area (Å²) in [6.45, 7) is 2.37. The Morgan fingerprint density at radius 1 is 1.38 bits per heavy atom. The summed E-state index contributed by atoms with van der Waals surface area (Å²) >= 11 is 0. The molecule has 6 heteroatoms. The van der Waals surface area contributed by atoms with Gasteiger partial charge in [-0.25, -0.2) is 4.79 Å². The van der Waals surface area contributed by atoms with E-state index in [1.54, 1.807) is 19.2 Å². The van der Waals surface area contributed by atoms with E-state index in [0.29, 0.717) is 12.3 Å². The van der Waals surface area contributed by atoms with Crippen LogP contribution in [0.2, 0.25) is 0 Å². The minimum Gasteiger partial charge on any atom is -0.508 e. The van der Waals surface area contributed by atoms with Gasteiger partial charge in [0.1, 0.15) is 11.5 Å². The quantitative estimate of drug-likeness (QED) is 0.782. The van der Waals surface area contributed by atoms with E-state index in [1.165, 1.54) is 6.07 Å². The van der Waals surface area contributed by atoms with Crippen LogP contribution in [0.1, 0.15) is 18.4 Å². The number of piperidine rings is 1. The Morgan fingerprint density at radius 2 is 2.10 bits per heavy atom. The molecule has 0 atom stereocenters. The molecular weight excluding hydrogens is 270 g/mol. The molecule has 0 spiro atoms. The van der Waals surface area contributed by atoms with Crippen LogP contribution in [0.5, 0.6) is 11.5 Å². The molecule has 0 aliphatic carbocycles. The normalized spacial score (nSPS) is 16.5. The van der Waals surface area contributed by atoms with E-state index in [9.17, 15) is 9.90 Å². The zero-order chi connectivity index (χ0) is 15.2. The molecule has 1 aromatic carbocycles.